The molecule has 0 aliphatic heterocycles. The van der Waals surface area contributed by atoms with Crippen LogP contribution < -0.4 is 20.3 Å². The molecule has 146 valence electrons. The third kappa shape index (κ3) is 5.49. The molecule has 0 fully saturated rings. The maximum absolute atomic E-state index is 12.3. The third-order valence-corrected chi connectivity index (χ3v) is 4.06. The predicted molar refractivity (Wildman–Crippen MR) is 99.8 cm³/mol. The molecular weight excluding hydrogens is 350 g/mol. The highest BCUT2D eigenvalue weighted by Gasteiger charge is 2.15. The lowest BCUT2D eigenvalue weighted by Gasteiger charge is -2.15. The van der Waals surface area contributed by atoms with Crippen LogP contribution in [0.4, 0.5) is 0 Å². The van der Waals surface area contributed by atoms with Crippen LogP contribution in [0, 0.1) is 0 Å². The number of hydrazine groups is 1. The first-order chi connectivity index (χ1) is 13.0. The van der Waals surface area contributed by atoms with Crippen LogP contribution in [0.25, 0.3) is 0 Å². The fourth-order valence-corrected chi connectivity index (χ4v) is 2.44. The lowest BCUT2D eigenvalue weighted by atomic mass is 10.2. The number of carbonyl (C=O) groups excluding carboxylic acids is 2. The summed E-state index contributed by atoms with van der Waals surface area (Å²) in [5.74, 6) is 0.712. The first-order valence-corrected chi connectivity index (χ1v) is 8.65. The number of hydrogen-bond acceptors (Lipinski definition) is 6. The van der Waals surface area contributed by atoms with Crippen molar-refractivity contribution in [3.8, 4) is 11.5 Å². The Bertz CT molecular complexity index is 761. The standard InChI is InChI=1S/C19H25N3O5/c1-5-22(6-2)12-14-7-8-17(27-14)19(24)21-20-18(23)13-9-15(25-3)11-16(10-13)26-4/h7-11H,5-6,12H2,1-4H3,(H,20,23)(H,21,24). The van der Waals surface area contributed by atoms with Gasteiger partial charge in [-0.1, -0.05) is 13.8 Å². The lowest BCUT2D eigenvalue weighted by Crippen LogP contribution is -2.41. The van der Waals surface area contributed by atoms with E-state index in [0.717, 1.165) is 13.1 Å². The molecule has 1 aromatic heterocycles. The highest BCUT2D eigenvalue weighted by molar-refractivity contribution is 5.98. The zero-order valence-electron chi connectivity index (χ0n) is 16.0. The fraction of sp³-hybridized carbons (Fsp3) is 0.368. The molecule has 0 radical (unpaired) electrons. The fourth-order valence-electron chi connectivity index (χ4n) is 2.44. The summed E-state index contributed by atoms with van der Waals surface area (Å²) in [7, 11) is 2.98. The molecule has 8 nitrogen and oxygen atoms in total. The number of amides is 2. The van der Waals surface area contributed by atoms with E-state index in [-0.39, 0.29) is 11.3 Å². The van der Waals surface area contributed by atoms with Crippen LogP contribution in [0.1, 0.15) is 40.5 Å². The summed E-state index contributed by atoms with van der Waals surface area (Å²) in [5.41, 5.74) is 4.98. The van der Waals surface area contributed by atoms with Crippen molar-refractivity contribution in [2.45, 2.75) is 20.4 Å². The number of furan rings is 1. The first kappa shape index (κ1) is 20.3. The smallest absolute Gasteiger partial charge is 0.305 e. The summed E-state index contributed by atoms with van der Waals surface area (Å²) in [5, 5.41) is 0. The summed E-state index contributed by atoms with van der Waals surface area (Å²) in [4.78, 5) is 26.6. The summed E-state index contributed by atoms with van der Waals surface area (Å²) in [6.07, 6.45) is 0. The van der Waals surface area contributed by atoms with Crippen molar-refractivity contribution < 1.29 is 23.5 Å². The Morgan fingerprint density at radius 3 is 2.11 bits per heavy atom. The Balaban J connectivity index is 1.97. The topological polar surface area (TPSA) is 93.0 Å². The van der Waals surface area contributed by atoms with Gasteiger partial charge in [0.15, 0.2) is 5.76 Å². The molecule has 2 rings (SSSR count). The van der Waals surface area contributed by atoms with E-state index in [2.05, 4.69) is 29.6 Å². The number of benzene rings is 1. The maximum Gasteiger partial charge on any atom is 0.305 e. The van der Waals surface area contributed by atoms with E-state index in [9.17, 15) is 9.59 Å². The third-order valence-electron chi connectivity index (χ3n) is 4.06. The second-order valence-corrected chi connectivity index (χ2v) is 5.74. The second kappa shape index (κ2) is 9.63. The van der Waals surface area contributed by atoms with E-state index < -0.39 is 11.8 Å². The molecule has 27 heavy (non-hydrogen) atoms. The van der Waals surface area contributed by atoms with E-state index in [1.807, 2.05) is 0 Å². The van der Waals surface area contributed by atoms with Crippen LogP contribution in [0.2, 0.25) is 0 Å². The maximum atomic E-state index is 12.3. The average Bonchev–Trinajstić information content (AvgIpc) is 3.18. The van der Waals surface area contributed by atoms with E-state index >= 15 is 0 Å². The van der Waals surface area contributed by atoms with E-state index in [0.29, 0.717) is 23.8 Å². The molecule has 2 aromatic rings. The number of hydrogen-bond donors (Lipinski definition) is 2. The van der Waals surface area contributed by atoms with Gasteiger partial charge in [0.2, 0.25) is 0 Å². The zero-order valence-corrected chi connectivity index (χ0v) is 16.0. The molecule has 0 saturated carbocycles. The van der Waals surface area contributed by atoms with Gasteiger partial charge in [-0.05, 0) is 37.4 Å². The van der Waals surface area contributed by atoms with Gasteiger partial charge in [0.05, 0.1) is 20.8 Å². The molecule has 0 saturated heterocycles. The van der Waals surface area contributed by atoms with Crippen LogP contribution in [-0.4, -0.2) is 44.0 Å². The van der Waals surface area contributed by atoms with Gasteiger partial charge in [-0.2, -0.15) is 0 Å². The highest BCUT2D eigenvalue weighted by atomic mass is 16.5. The number of nitrogens with one attached hydrogen (secondary N) is 2. The van der Waals surface area contributed by atoms with Gasteiger partial charge >= 0.3 is 5.91 Å². The number of carbonyl (C=O) groups is 2. The number of methoxy groups -OCH3 is 2. The first-order valence-electron chi connectivity index (χ1n) is 8.65. The van der Waals surface area contributed by atoms with E-state index in [1.54, 1.807) is 30.3 Å². The van der Waals surface area contributed by atoms with Gasteiger partial charge in [0.1, 0.15) is 17.3 Å². The molecule has 0 unspecified atom stereocenters. The Hall–Kier alpha value is -3.00. The van der Waals surface area contributed by atoms with Crippen molar-refractivity contribution in [1.29, 1.82) is 0 Å². The molecule has 1 heterocycles. The van der Waals surface area contributed by atoms with E-state index in [4.69, 9.17) is 13.9 Å². The summed E-state index contributed by atoms with van der Waals surface area (Å²) in [6.45, 7) is 6.51. The van der Waals surface area contributed by atoms with Crippen LogP contribution in [0.5, 0.6) is 11.5 Å². The molecular formula is C19H25N3O5. The summed E-state index contributed by atoms with van der Waals surface area (Å²) < 4.78 is 15.8. The molecule has 2 N–H and O–H groups in total. The molecule has 8 heteroatoms. The minimum absolute atomic E-state index is 0.126. The monoisotopic (exact) mass is 375 g/mol. The van der Waals surface area contributed by atoms with Crippen molar-refractivity contribution >= 4 is 11.8 Å². The number of rotatable bonds is 8. The second-order valence-electron chi connectivity index (χ2n) is 5.74. The summed E-state index contributed by atoms with van der Waals surface area (Å²) >= 11 is 0. The van der Waals surface area contributed by atoms with Crippen LogP contribution in [0.15, 0.2) is 34.7 Å². The largest absolute Gasteiger partial charge is 0.497 e. The van der Waals surface area contributed by atoms with Crippen molar-refractivity contribution in [3.63, 3.8) is 0 Å². The molecule has 0 atom stereocenters. The number of nitrogens with zero attached hydrogens (tertiary/aromatic N) is 1. The molecule has 0 aliphatic rings. The molecule has 0 aliphatic carbocycles. The number of ether oxygens (including phenoxy) is 2. The Morgan fingerprint density at radius 1 is 0.963 bits per heavy atom. The van der Waals surface area contributed by atoms with Crippen molar-refractivity contribution in [2.24, 2.45) is 0 Å². The Morgan fingerprint density at radius 2 is 1.56 bits per heavy atom. The average molecular weight is 375 g/mol. The molecule has 1 aromatic carbocycles. The summed E-state index contributed by atoms with van der Waals surface area (Å²) in [6, 6.07) is 8.06. The molecule has 0 spiro atoms. The van der Waals surface area contributed by atoms with Crippen molar-refractivity contribution in [3.05, 3.63) is 47.4 Å². The van der Waals surface area contributed by atoms with Gasteiger partial charge in [0, 0.05) is 11.6 Å². The minimum atomic E-state index is -0.538. The highest BCUT2D eigenvalue weighted by Crippen LogP contribution is 2.22. The van der Waals surface area contributed by atoms with Gasteiger partial charge < -0.3 is 13.9 Å². The molecule has 2 amide bonds. The minimum Gasteiger partial charge on any atom is -0.497 e. The predicted octanol–water partition coefficient (Wildman–Crippen LogP) is 2.21. The normalized spacial score (nSPS) is 10.6. The van der Waals surface area contributed by atoms with Crippen LogP contribution in [0.3, 0.4) is 0 Å². The van der Waals surface area contributed by atoms with E-state index in [1.165, 1.54) is 14.2 Å². The van der Waals surface area contributed by atoms with Gasteiger partial charge in [-0.25, -0.2) is 0 Å². The Kier molecular flexibility index (Phi) is 7.25. The lowest BCUT2D eigenvalue weighted by molar-refractivity contribution is 0.0828. The zero-order chi connectivity index (χ0) is 19.8. The van der Waals surface area contributed by atoms with Gasteiger partial charge in [0.25, 0.3) is 5.91 Å². The van der Waals surface area contributed by atoms with Crippen LogP contribution in [-0.2, 0) is 6.54 Å². The molecule has 0 bridgehead atoms. The van der Waals surface area contributed by atoms with Crippen molar-refractivity contribution in [1.82, 2.24) is 15.8 Å². The van der Waals surface area contributed by atoms with Gasteiger partial charge in [-0.15, -0.1) is 0 Å². The Labute approximate surface area is 158 Å². The van der Waals surface area contributed by atoms with Crippen molar-refractivity contribution in [2.75, 3.05) is 27.3 Å². The quantitative estimate of drug-likeness (QED) is 0.687. The van der Waals surface area contributed by atoms with Gasteiger partial charge in [-0.3, -0.25) is 25.3 Å². The van der Waals surface area contributed by atoms with Crippen LogP contribution >= 0.6 is 0 Å². The SMILES string of the molecule is CCN(CC)Cc1ccc(C(=O)NNC(=O)c2cc(OC)cc(OC)c2)o1.